The molecule has 0 aromatic heterocycles. The Balaban J connectivity index is 2.78. The Kier molecular flexibility index (Phi) is 3.79. The minimum atomic E-state index is 0.0490. The third kappa shape index (κ3) is 2.64. The van der Waals surface area contributed by atoms with E-state index in [1.54, 1.807) is 0 Å². The number of piperazine rings is 1. The summed E-state index contributed by atoms with van der Waals surface area (Å²) >= 11 is 0. The van der Waals surface area contributed by atoms with Gasteiger partial charge in [0.25, 0.3) is 0 Å². The van der Waals surface area contributed by atoms with Crippen LogP contribution in [0.5, 0.6) is 0 Å². The maximum absolute atomic E-state index is 11.7. The number of nitrogens with zero attached hydrogens (tertiary/aromatic N) is 2. The van der Waals surface area contributed by atoms with Gasteiger partial charge in [-0.1, -0.05) is 6.58 Å². The summed E-state index contributed by atoms with van der Waals surface area (Å²) in [7, 11) is 0. The number of hydrogen-bond acceptors (Lipinski definition) is 2. The summed E-state index contributed by atoms with van der Waals surface area (Å²) < 4.78 is 0. The van der Waals surface area contributed by atoms with E-state index in [0.29, 0.717) is 6.04 Å². The van der Waals surface area contributed by atoms with E-state index in [1.165, 1.54) is 6.08 Å². The molecule has 0 aromatic carbocycles. The molecule has 1 heterocycles. The first-order valence-electron chi connectivity index (χ1n) is 5.97. The zero-order valence-corrected chi connectivity index (χ0v) is 11.2. The molecule has 0 aromatic rings. The van der Waals surface area contributed by atoms with E-state index in [4.69, 9.17) is 0 Å². The molecule has 2 atom stereocenters. The van der Waals surface area contributed by atoms with Crippen LogP contribution in [0.25, 0.3) is 0 Å². The third-order valence-corrected chi connectivity index (χ3v) is 3.31. The van der Waals surface area contributed by atoms with E-state index in [9.17, 15) is 4.79 Å². The van der Waals surface area contributed by atoms with E-state index in [1.807, 2.05) is 4.90 Å². The molecular formula is C13H24N2O. The van der Waals surface area contributed by atoms with E-state index >= 15 is 0 Å². The fourth-order valence-electron chi connectivity index (χ4n) is 2.49. The van der Waals surface area contributed by atoms with Crippen molar-refractivity contribution in [2.45, 2.75) is 52.2 Å². The fourth-order valence-corrected chi connectivity index (χ4v) is 2.49. The highest BCUT2D eigenvalue weighted by Gasteiger charge is 2.35. The van der Waals surface area contributed by atoms with Gasteiger partial charge in [0, 0.05) is 30.7 Å². The average molecular weight is 224 g/mol. The molecule has 1 fully saturated rings. The van der Waals surface area contributed by atoms with Gasteiger partial charge in [0.1, 0.15) is 0 Å². The van der Waals surface area contributed by atoms with Crippen LogP contribution in [0.1, 0.15) is 34.6 Å². The number of carbonyl (C=O) groups is 1. The zero-order chi connectivity index (χ0) is 12.5. The Bertz CT molecular complexity index is 280. The average Bonchev–Trinajstić information content (AvgIpc) is 2.18. The molecule has 1 aliphatic heterocycles. The van der Waals surface area contributed by atoms with Crippen LogP contribution in [0.2, 0.25) is 0 Å². The van der Waals surface area contributed by atoms with Crippen LogP contribution in [-0.4, -0.2) is 46.4 Å². The molecule has 0 bridgehead atoms. The van der Waals surface area contributed by atoms with Crippen molar-refractivity contribution in [1.29, 1.82) is 0 Å². The van der Waals surface area contributed by atoms with Crippen LogP contribution in [0.3, 0.4) is 0 Å². The molecule has 1 saturated heterocycles. The van der Waals surface area contributed by atoms with Crippen LogP contribution in [0.15, 0.2) is 12.7 Å². The molecule has 1 rings (SSSR count). The van der Waals surface area contributed by atoms with Gasteiger partial charge in [-0.2, -0.15) is 0 Å². The highest BCUT2D eigenvalue weighted by molar-refractivity contribution is 5.87. The van der Waals surface area contributed by atoms with Gasteiger partial charge in [-0.15, -0.1) is 0 Å². The summed E-state index contributed by atoms with van der Waals surface area (Å²) in [5.41, 5.74) is 0.164. The largest absolute Gasteiger partial charge is 0.334 e. The molecule has 1 aliphatic rings. The van der Waals surface area contributed by atoms with Gasteiger partial charge >= 0.3 is 0 Å². The van der Waals surface area contributed by atoms with E-state index in [-0.39, 0.29) is 17.5 Å². The first-order valence-corrected chi connectivity index (χ1v) is 5.97. The molecule has 0 N–H and O–H groups in total. The van der Waals surface area contributed by atoms with E-state index in [2.05, 4.69) is 46.1 Å². The Morgan fingerprint density at radius 1 is 1.25 bits per heavy atom. The van der Waals surface area contributed by atoms with Crippen molar-refractivity contribution in [1.82, 2.24) is 9.80 Å². The van der Waals surface area contributed by atoms with E-state index < -0.39 is 0 Å². The number of hydrogen-bond donors (Lipinski definition) is 0. The second-order valence-corrected chi connectivity index (χ2v) is 5.72. The molecule has 3 nitrogen and oxygen atoms in total. The molecule has 3 heteroatoms. The minimum absolute atomic E-state index is 0.0490. The van der Waals surface area contributed by atoms with Crippen molar-refractivity contribution >= 4 is 5.91 Å². The smallest absolute Gasteiger partial charge is 0.246 e. The van der Waals surface area contributed by atoms with Crippen LogP contribution in [0.4, 0.5) is 0 Å². The van der Waals surface area contributed by atoms with Crippen molar-refractivity contribution in [2.24, 2.45) is 0 Å². The van der Waals surface area contributed by atoms with Gasteiger partial charge in [0.15, 0.2) is 0 Å². The second-order valence-electron chi connectivity index (χ2n) is 5.72. The van der Waals surface area contributed by atoms with Crippen LogP contribution >= 0.6 is 0 Å². The molecule has 0 saturated carbocycles. The first kappa shape index (κ1) is 13.2. The first-order chi connectivity index (χ1) is 7.27. The van der Waals surface area contributed by atoms with Crippen LogP contribution < -0.4 is 0 Å². The fraction of sp³-hybridized carbons (Fsp3) is 0.769. The summed E-state index contributed by atoms with van der Waals surface area (Å²) in [6, 6.07) is 0.668. The lowest BCUT2D eigenvalue weighted by Gasteiger charge is -2.49. The van der Waals surface area contributed by atoms with Crippen molar-refractivity contribution in [2.75, 3.05) is 13.1 Å². The standard InChI is InChI=1S/C13H24N2O/c1-7-12(16)14-8-11(3)15(9-10(14)2)13(4,5)6/h7,10-11H,1,8-9H2,2-6H3/t10-,11+/m0/s1. The van der Waals surface area contributed by atoms with Crippen molar-refractivity contribution in [3.05, 3.63) is 12.7 Å². The summed E-state index contributed by atoms with van der Waals surface area (Å²) in [4.78, 5) is 16.0. The highest BCUT2D eigenvalue weighted by atomic mass is 16.2. The summed E-state index contributed by atoms with van der Waals surface area (Å²) in [5, 5.41) is 0. The predicted molar refractivity (Wildman–Crippen MR) is 67.3 cm³/mol. The van der Waals surface area contributed by atoms with Gasteiger partial charge in [0.05, 0.1) is 0 Å². The Hall–Kier alpha value is -0.830. The molecule has 16 heavy (non-hydrogen) atoms. The zero-order valence-electron chi connectivity index (χ0n) is 11.2. The maximum Gasteiger partial charge on any atom is 0.246 e. The molecule has 1 amide bonds. The molecule has 0 spiro atoms. The Morgan fingerprint density at radius 3 is 2.25 bits per heavy atom. The summed E-state index contributed by atoms with van der Waals surface area (Å²) in [6.07, 6.45) is 1.41. The lowest BCUT2D eigenvalue weighted by Crippen LogP contribution is -2.62. The SMILES string of the molecule is C=CC(=O)N1C[C@@H](C)N(C(C)(C)C)C[C@@H]1C. The van der Waals surface area contributed by atoms with Gasteiger partial charge in [-0.25, -0.2) is 0 Å². The summed E-state index contributed by atoms with van der Waals surface area (Å²) in [6.45, 7) is 16.2. The highest BCUT2D eigenvalue weighted by Crippen LogP contribution is 2.23. The van der Waals surface area contributed by atoms with Crippen molar-refractivity contribution < 1.29 is 4.79 Å². The van der Waals surface area contributed by atoms with Crippen LogP contribution in [0, 0.1) is 0 Å². The molecular weight excluding hydrogens is 200 g/mol. The molecule has 0 aliphatic carbocycles. The van der Waals surface area contributed by atoms with Gasteiger partial charge < -0.3 is 4.90 Å². The Labute approximate surface area is 99.1 Å². The van der Waals surface area contributed by atoms with Crippen LogP contribution in [-0.2, 0) is 4.79 Å². The Morgan fingerprint density at radius 2 is 1.81 bits per heavy atom. The number of rotatable bonds is 1. The predicted octanol–water partition coefficient (Wildman–Crippen LogP) is 1.89. The second kappa shape index (κ2) is 4.58. The molecule has 0 unspecified atom stereocenters. The quantitative estimate of drug-likeness (QED) is 0.635. The lowest BCUT2D eigenvalue weighted by atomic mass is 9.98. The van der Waals surface area contributed by atoms with Crippen molar-refractivity contribution in [3.8, 4) is 0 Å². The maximum atomic E-state index is 11.7. The molecule has 0 radical (unpaired) electrons. The topological polar surface area (TPSA) is 23.6 Å². The number of amides is 1. The third-order valence-electron chi connectivity index (χ3n) is 3.31. The monoisotopic (exact) mass is 224 g/mol. The molecule has 92 valence electrons. The van der Waals surface area contributed by atoms with Gasteiger partial charge in [-0.05, 0) is 40.7 Å². The normalized spacial score (nSPS) is 27.9. The number of carbonyl (C=O) groups excluding carboxylic acids is 1. The van der Waals surface area contributed by atoms with E-state index in [0.717, 1.165) is 13.1 Å². The van der Waals surface area contributed by atoms with Gasteiger partial charge in [-0.3, -0.25) is 9.69 Å². The lowest BCUT2D eigenvalue weighted by molar-refractivity contribution is -0.133. The van der Waals surface area contributed by atoms with Gasteiger partial charge in [0.2, 0.25) is 5.91 Å². The van der Waals surface area contributed by atoms with Crippen molar-refractivity contribution in [3.63, 3.8) is 0 Å². The minimum Gasteiger partial charge on any atom is -0.334 e. The summed E-state index contributed by atoms with van der Waals surface area (Å²) in [5.74, 6) is 0.0490.